The smallest absolute Gasteiger partial charge is 0.358 e. The first-order valence-electron chi connectivity index (χ1n) is 6.05. The Balaban J connectivity index is 2.04. The molecule has 0 saturated heterocycles. The summed E-state index contributed by atoms with van der Waals surface area (Å²) in [6.45, 7) is 3.64. The lowest BCUT2D eigenvalue weighted by Crippen LogP contribution is -2.26. The fraction of sp³-hybridized carbons (Fsp3) is 0.545. The first-order valence-corrected chi connectivity index (χ1v) is 6.93. The average molecular weight is 266 g/mol. The summed E-state index contributed by atoms with van der Waals surface area (Å²) in [5.74, 6) is 1.29. The minimum Gasteiger partial charge on any atom is -0.358 e. The third-order valence-corrected chi connectivity index (χ3v) is 4.01. The minimum absolute atomic E-state index is 0.0914. The van der Waals surface area contributed by atoms with E-state index in [1.807, 2.05) is 17.2 Å². The Bertz CT molecular complexity index is 587. The van der Waals surface area contributed by atoms with Crippen LogP contribution in [0.3, 0.4) is 0 Å². The van der Waals surface area contributed by atoms with Crippen LogP contribution in [-0.2, 0) is 0 Å². The van der Waals surface area contributed by atoms with Crippen LogP contribution in [0.5, 0.6) is 0 Å². The van der Waals surface area contributed by atoms with E-state index in [-0.39, 0.29) is 10.7 Å². The molecule has 0 spiro atoms. The molecule has 0 bridgehead atoms. The molecule has 18 heavy (non-hydrogen) atoms. The lowest BCUT2D eigenvalue weighted by atomic mass is 10.3. The van der Waals surface area contributed by atoms with Crippen LogP contribution in [0.1, 0.15) is 19.8 Å². The topological polar surface area (TPSA) is 63.7 Å². The van der Waals surface area contributed by atoms with Gasteiger partial charge in [-0.15, -0.1) is 0 Å². The number of fused-ring (bicyclic) bond motifs is 1. The quantitative estimate of drug-likeness (QED) is 0.616. The second kappa shape index (κ2) is 4.24. The van der Waals surface area contributed by atoms with Crippen LogP contribution in [0.4, 0.5) is 11.6 Å². The summed E-state index contributed by atoms with van der Waals surface area (Å²) in [4.78, 5) is 18.0. The Morgan fingerprint density at radius 3 is 3.06 bits per heavy atom. The molecule has 3 rings (SSSR count). The molecule has 2 heterocycles. The van der Waals surface area contributed by atoms with Gasteiger partial charge in [-0.3, -0.25) is 0 Å². The number of thiazole rings is 1. The van der Waals surface area contributed by atoms with Crippen LogP contribution in [0.15, 0.2) is 11.6 Å². The molecule has 2 aromatic heterocycles. The van der Waals surface area contributed by atoms with Gasteiger partial charge in [-0.05, 0) is 30.6 Å². The maximum Gasteiger partial charge on any atom is 0.373 e. The summed E-state index contributed by atoms with van der Waals surface area (Å²) in [7, 11) is 0. The van der Waals surface area contributed by atoms with E-state index >= 15 is 0 Å². The molecule has 0 N–H and O–H groups in total. The van der Waals surface area contributed by atoms with Crippen molar-refractivity contribution < 1.29 is 4.92 Å². The highest BCUT2D eigenvalue weighted by atomic mass is 32.1. The molecule has 1 aliphatic carbocycles. The van der Waals surface area contributed by atoms with E-state index in [1.54, 1.807) is 10.6 Å². The molecule has 2 aromatic rings. The van der Waals surface area contributed by atoms with Crippen molar-refractivity contribution in [3.05, 3.63) is 21.7 Å². The van der Waals surface area contributed by atoms with E-state index in [4.69, 9.17) is 0 Å². The van der Waals surface area contributed by atoms with Crippen molar-refractivity contribution in [2.75, 3.05) is 18.0 Å². The van der Waals surface area contributed by atoms with Gasteiger partial charge < -0.3 is 15.0 Å². The lowest BCUT2D eigenvalue weighted by Gasteiger charge is -2.19. The van der Waals surface area contributed by atoms with Gasteiger partial charge in [-0.25, -0.2) is 0 Å². The van der Waals surface area contributed by atoms with Crippen LogP contribution in [0.25, 0.3) is 4.96 Å². The summed E-state index contributed by atoms with van der Waals surface area (Å²) >= 11 is 1.42. The Kier molecular flexibility index (Phi) is 2.70. The van der Waals surface area contributed by atoms with Gasteiger partial charge in [0.2, 0.25) is 5.82 Å². The zero-order valence-corrected chi connectivity index (χ0v) is 10.9. The number of hydrogen-bond acceptors (Lipinski definition) is 5. The zero-order chi connectivity index (χ0) is 12.7. The summed E-state index contributed by atoms with van der Waals surface area (Å²) in [6.07, 6.45) is 4.17. The van der Waals surface area contributed by atoms with Gasteiger partial charge >= 0.3 is 5.82 Å². The number of nitro groups is 1. The molecule has 0 unspecified atom stereocenters. The van der Waals surface area contributed by atoms with Crippen LogP contribution >= 0.6 is 11.3 Å². The number of anilines is 1. The van der Waals surface area contributed by atoms with Crippen LogP contribution in [-0.4, -0.2) is 27.4 Å². The predicted octanol–water partition coefficient (Wildman–Crippen LogP) is 2.54. The highest BCUT2D eigenvalue weighted by Crippen LogP contribution is 2.35. The van der Waals surface area contributed by atoms with Crippen molar-refractivity contribution in [3.63, 3.8) is 0 Å². The molecule has 1 saturated carbocycles. The van der Waals surface area contributed by atoms with Gasteiger partial charge in [0.15, 0.2) is 0 Å². The van der Waals surface area contributed by atoms with Gasteiger partial charge in [0.1, 0.15) is 6.20 Å². The molecule has 0 aliphatic heterocycles. The van der Waals surface area contributed by atoms with E-state index in [0.29, 0.717) is 16.7 Å². The Hall–Kier alpha value is -1.63. The van der Waals surface area contributed by atoms with Crippen molar-refractivity contribution in [1.29, 1.82) is 0 Å². The van der Waals surface area contributed by atoms with Gasteiger partial charge in [0.25, 0.3) is 4.96 Å². The van der Waals surface area contributed by atoms with E-state index < -0.39 is 0 Å². The van der Waals surface area contributed by atoms with Crippen molar-refractivity contribution in [3.8, 4) is 0 Å². The second-order valence-electron chi connectivity index (χ2n) is 4.55. The third kappa shape index (κ3) is 1.84. The maximum absolute atomic E-state index is 11.2. The molecule has 0 aromatic carbocycles. The highest BCUT2D eigenvalue weighted by Gasteiger charge is 2.31. The minimum atomic E-state index is -0.336. The van der Waals surface area contributed by atoms with Gasteiger partial charge in [0, 0.05) is 18.5 Å². The molecule has 1 aliphatic rings. The van der Waals surface area contributed by atoms with E-state index in [0.717, 1.165) is 13.1 Å². The number of aromatic nitrogens is 2. The largest absolute Gasteiger partial charge is 0.373 e. The number of rotatable bonds is 5. The molecule has 1 fully saturated rings. The molecule has 96 valence electrons. The van der Waals surface area contributed by atoms with Crippen molar-refractivity contribution in [2.24, 2.45) is 5.92 Å². The zero-order valence-electron chi connectivity index (χ0n) is 10.1. The first-order chi connectivity index (χ1) is 8.70. The molecule has 0 radical (unpaired) electrons. The SMILES string of the molecule is CCN(CC1CC1)c1nc2sccn2c1[N+](=O)[O-]. The monoisotopic (exact) mass is 266 g/mol. The molecule has 0 atom stereocenters. The fourth-order valence-electron chi connectivity index (χ4n) is 2.12. The predicted molar refractivity (Wildman–Crippen MR) is 70.3 cm³/mol. The maximum atomic E-state index is 11.2. The lowest BCUT2D eigenvalue weighted by molar-refractivity contribution is -0.389. The normalized spacial score (nSPS) is 15.2. The van der Waals surface area contributed by atoms with Crippen LogP contribution < -0.4 is 4.90 Å². The van der Waals surface area contributed by atoms with E-state index in [1.165, 1.54) is 24.2 Å². The van der Waals surface area contributed by atoms with Crippen molar-refractivity contribution in [2.45, 2.75) is 19.8 Å². The van der Waals surface area contributed by atoms with Gasteiger partial charge in [-0.2, -0.15) is 9.38 Å². The standard InChI is InChI=1S/C11H14N4O2S/c1-2-13(7-8-3-4-8)9-10(15(16)17)14-5-6-18-11(14)12-9/h5-6,8H,2-4,7H2,1H3. The Morgan fingerprint density at radius 2 is 2.44 bits per heavy atom. The molecular weight excluding hydrogens is 252 g/mol. The summed E-state index contributed by atoms with van der Waals surface area (Å²) in [5.41, 5.74) is 0. The third-order valence-electron chi connectivity index (χ3n) is 3.25. The highest BCUT2D eigenvalue weighted by molar-refractivity contribution is 7.15. The average Bonchev–Trinajstić information content (AvgIpc) is 2.90. The first kappa shape index (κ1) is 11.5. The number of hydrogen-bond donors (Lipinski definition) is 0. The van der Waals surface area contributed by atoms with Crippen molar-refractivity contribution >= 4 is 27.9 Å². The van der Waals surface area contributed by atoms with Gasteiger partial charge in [-0.1, -0.05) is 11.3 Å². The molecule has 7 heteroatoms. The molecule has 6 nitrogen and oxygen atoms in total. The Labute approximate surface area is 108 Å². The van der Waals surface area contributed by atoms with E-state index in [9.17, 15) is 10.1 Å². The van der Waals surface area contributed by atoms with Crippen LogP contribution in [0, 0.1) is 16.0 Å². The van der Waals surface area contributed by atoms with Gasteiger partial charge in [0.05, 0.1) is 0 Å². The summed E-state index contributed by atoms with van der Waals surface area (Å²) in [6, 6.07) is 0. The number of nitrogens with zero attached hydrogens (tertiary/aromatic N) is 4. The molecular formula is C11H14N4O2S. The second-order valence-corrected chi connectivity index (χ2v) is 5.43. The summed E-state index contributed by atoms with van der Waals surface area (Å²) in [5, 5.41) is 13.1. The number of imidazole rings is 1. The summed E-state index contributed by atoms with van der Waals surface area (Å²) < 4.78 is 1.57. The van der Waals surface area contributed by atoms with Crippen molar-refractivity contribution in [1.82, 2.24) is 9.38 Å². The van der Waals surface area contributed by atoms with Crippen LogP contribution in [0.2, 0.25) is 0 Å². The fourth-order valence-corrected chi connectivity index (χ4v) is 2.83. The molecule has 0 amide bonds. The Morgan fingerprint density at radius 1 is 1.67 bits per heavy atom. The van der Waals surface area contributed by atoms with E-state index in [2.05, 4.69) is 4.98 Å².